The molecule has 0 aliphatic heterocycles. The summed E-state index contributed by atoms with van der Waals surface area (Å²) in [4.78, 5) is 4.10. The van der Waals surface area contributed by atoms with Crippen molar-refractivity contribution in [1.82, 2.24) is 4.98 Å². The predicted octanol–water partition coefficient (Wildman–Crippen LogP) is 4.29. The van der Waals surface area contributed by atoms with Crippen molar-refractivity contribution in [1.29, 1.82) is 0 Å². The molecular weight excluding hydrogens is 328 g/mol. The van der Waals surface area contributed by atoms with Crippen LogP contribution >= 0.6 is 0 Å². The highest BCUT2D eigenvalue weighted by Gasteiger charge is 2.07. The Morgan fingerprint density at radius 1 is 0.885 bits per heavy atom. The van der Waals surface area contributed by atoms with E-state index in [0.29, 0.717) is 24.7 Å². The second-order valence-corrected chi connectivity index (χ2v) is 5.72. The molecule has 0 amide bonds. The van der Waals surface area contributed by atoms with Gasteiger partial charge >= 0.3 is 0 Å². The number of anilines is 1. The van der Waals surface area contributed by atoms with Gasteiger partial charge in [-0.1, -0.05) is 18.2 Å². The van der Waals surface area contributed by atoms with E-state index in [9.17, 15) is 0 Å². The first-order chi connectivity index (χ1) is 12.8. The van der Waals surface area contributed by atoms with E-state index in [-0.39, 0.29) is 0 Å². The molecule has 0 fully saturated rings. The molecule has 3 aromatic rings. The van der Waals surface area contributed by atoms with E-state index >= 15 is 0 Å². The van der Waals surface area contributed by atoms with Crippen LogP contribution in [0.5, 0.6) is 17.2 Å². The van der Waals surface area contributed by atoms with Crippen LogP contribution in [0, 0.1) is 0 Å². The summed E-state index contributed by atoms with van der Waals surface area (Å²) < 4.78 is 16.6. The van der Waals surface area contributed by atoms with Crippen LogP contribution in [0.15, 0.2) is 67.0 Å². The lowest BCUT2D eigenvalue weighted by molar-refractivity contribution is 0.284. The standard InChI is InChI=1S/C21H22N2O3/c1-24-19-7-3-6-18(12-19)23-14-16-8-9-20(25-2)21(11-16)26-15-17-5-4-10-22-13-17/h3-13,23H,14-15H2,1-2H3. The van der Waals surface area contributed by atoms with E-state index < -0.39 is 0 Å². The van der Waals surface area contributed by atoms with Crippen molar-refractivity contribution in [3.05, 3.63) is 78.1 Å². The van der Waals surface area contributed by atoms with Crippen LogP contribution in [0.3, 0.4) is 0 Å². The molecule has 0 aliphatic carbocycles. The topological polar surface area (TPSA) is 52.6 Å². The minimum atomic E-state index is 0.441. The highest BCUT2D eigenvalue weighted by Crippen LogP contribution is 2.29. The van der Waals surface area contributed by atoms with Crippen LogP contribution in [-0.2, 0) is 13.2 Å². The molecule has 0 saturated carbocycles. The average Bonchev–Trinajstić information content (AvgIpc) is 2.71. The van der Waals surface area contributed by atoms with Crippen molar-refractivity contribution in [2.45, 2.75) is 13.2 Å². The summed E-state index contributed by atoms with van der Waals surface area (Å²) in [5.41, 5.74) is 3.10. The van der Waals surface area contributed by atoms with Crippen molar-refractivity contribution < 1.29 is 14.2 Å². The Morgan fingerprint density at radius 2 is 1.81 bits per heavy atom. The molecule has 26 heavy (non-hydrogen) atoms. The molecule has 0 bridgehead atoms. The number of methoxy groups -OCH3 is 2. The minimum absolute atomic E-state index is 0.441. The Morgan fingerprint density at radius 3 is 2.58 bits per heavy atom. The normalized spacial score (nSPS) is 10.2. The Kier molecular flexibility index (Phi) is 5.93. The molecule has 0 spiro atoms. The molecule has 0 saturated heterocycles. The summed E-state index contributed by atoms with van der Waals surface area (Å²) in [5.74, 6) is 2.24. The summed E-state index contributed by atoms with van der Waals surface area (Å²) in [7, 11) is 3.30. The third-order valence-electron chi connectivity index (χ3n) is 3.91. The number of nitrogens with zero attached hydrogens (tertiary/aromatic N) is 1. The number of benzene rings is 2. The molecule has 134 valence electrons. The van der Waals surface area contributed by atoms with Gasteiger partial charge in [0.05, 0.1) is 14.2 Å². The molecule has 1 N–H and O–H groups in total. The van der Waals surface area contributed by atoms with E-state index in [0.717, 1.165) is 22.6 Å². The van der Waals surface area contributed by atoms with Gasteiger partial charge in [0.1, 0.15) is 12.4 Å². The van der Waals surface area contributed by atoms with Crippen LogP contribution < -0.4 is 19.5 Å². The van der Waals surface area contributed by atoms with Crippen molar-refractivity contribution in [2.75, 3.05) is 19.5 Å². The van der Waals surface area contributed by atoms with Crippen LogP contribution in [0.4, 0.5) is 5.69 Å². The highest BCUT2D eigenvalue weighted by atomic mass is 16.5. The molecule has 1 aromatic heterocycles. The van der Waals surface area contributed by atoms with Crippen molar-refractivity contribution in [3.8, 4) is 17.2 Å². The van der Waals surface area contributed by atoms with Gasteiger partial charge < -0.3 is 19.5 Å². The zero-order valence-electron chi connectivity index (χ0n) is 14.9. The predicted molar refractivity (Wildman–Crippen MR) is 102 cm³/mol. The van der Waals surface area contributed by atoms with Gasteiger partial charge in [0.2, 0.25) is 0 Å². The highest BCUT2D eigenvalue weighted by molar-refractivity contribution is 5.49. The number of ether oxygens (including phenoxy) is 3. The minimum Gasteiger partial charge on any atom is -0.497 e. The SMILES string of the molecule is COc1cccc(NCc2ccc(OC)c(OCc3cccnc3)c2)c1. The van der Waals surface area contributed by atoms with E-state index in [1.54, 1.807) is 26.6 Å². The zero-order chi connectivity index (χ0) is 18.2. The summed E-state index contributed by atoms with van der Waals surface area (Å²) in [6.45, 7) is 1.11. The Balaban J connectivity index is 1.68. The molecule has 0 unspecified atom stereocenters. The van der Waals surface area contributed by atoms with E-state index in [4.69, 9.17) is 14.2 Å². The maximum Gasteiger partial charge on any atom is 0.162 e. The van der Waals surface area contributed by atoms with Crippen LogP contribution in [0.1, 0.15) is 11.1 Å². The molecule has 1 heterocycles. The van der Waals surface area contributed by atoms with Gasteiger partial charge in [-0.05, 0) is 35.9 Å². The largest absolute Gasteiger partial charge is 0.497 e. The zero-order valence-corrected chi connectivity index (χ0v) is 14.9. The second-order valence-electron chi connectivity index (χ2n) is 5.72. The lowest BCUT2D eigenvalue weighted by Crippen LogP contribution is -2.02. The molecule has 0 aliphatic rings. The fraction of sp³-hybridized carbons (Fsp3) is 0.190. The van der Waals surface area contributed by atoms with E-state index in [1.807, 2.05) is 54.6 Å². The van der Waals surface area contributed by atoms with Gasteiger partial charge in [-0.2, -0.15) is 0 Å². The molecule has 0 radical (unpaired) electrons. The van der Waals surface area contributed by atoms with Gasteiger partial charge in [0, 0.05) is 36.3 Å². The molecule has 0 atom stereocenters. The maximum atomic E-state index is 5.93. The number of rotatable bonds is 8. The van der Waals surface area contributed by atoms with Gasteiger partial charge in [-0.25, -0.2) is 0 Å². The lowest BCUT2D eigenvalue weighted by atomic mass is 10.2. The third-order valence-corrected chi connectivity index (χ3v) is 3.91. The smallest absolute Gasteiger partial charge is 0.162 e. The van der Waals surface area contributed by atoms with Gasteiger partial charge in [-0.3, -0.25) is 4.98 Å². The van der Waals surface area contributed by atoms with Crippen molar-refractivity contribution in [3.63, 3.8) is 0 Å². The van der Waals surface area contributed by atoms with E-state index in [2.05, 4.69) is 10.3 Å². The maximum absolute atomic E-state index is 5.93. The molecule has 5 nitrogen and oxygen atoms in total. The average molecular weight is 350 g/mol. The van der Waals surface area contributed by atoms with Crippen LogP contribution in [0.25, 0.3) is 0 Å². The summed E-state index contributed by atoms with van der Waals surface area (Å²) in [5, 5.41) is 3.39. The molecule has 2 aromatic carbocycles. The number of aromatic nitrogens is 1. The van der Waals surface area contributed by atoms with Crippen LogP contribution in [-0.4, -0.2) is 19.2 Å². The first kappa shape index (κ1) is 17.6. The lowest BCUT2D eigenvalue weighted by Gasteiger charge is -2.13. The fourth-order valence-corrected chi connectivity index (χ4v) is 2.53. The first-order valence-corrected chi connectivity index (χ1v) is 8.35. The number of hydrogen-bond donors (Lipinski definition) is 1. The summed E-state index contributed by atoms with van der Waals surface area (Å²) in [6, 6.07) is 17.6. The van der Waals surface area contributed by atoms with Crippen molar-refractivity contribution in [2.24, 2.45) is 0 Å². The Bertz CT molecular complexity index is 838. The summed E-state index contributed by atoms with van der Waals surface area (Å²) in [6.07, 6.45) is 3.54. The summed E-state index contributed by atoms with van der Waals surface area (Å²) >= 11 is 0. The van der Waals surface area contributed by atoms with Gasteiger partial charge in [0.25, 0.3) is 0 Å². The number of hydrogen-bond acceptors (Lipinski definition) is 5. The third kappa shape index (κ3) is 4.66. The quantitative estimate of drug-likeness (QED) is 0.657. The fourth-order valence-electron chi connectivity index (χ4n) is 2.53. The molecular formula is C21H22N2O3. The molecule has 5 heteroatoms. The first-order valence-electron chi connectivity index (χ1n) is 8.35. The monoisotopic (exact) mass is 350 g/mol. The number of pyridine rings is 1. The number of nitrogens with one attached hydrogen (secondary N) is 1. The van der Waals surface area contributed by atoms with Gasteiger partial charge in [0.15, 0.2) is 11.5 Å². The van der Waals surface area contributed by atoms with Crippen LogP contribution in [0.2, 0.25) is 0 Å². The van der Waals surface area contributed by atoms with E-state index in [1.165, 1.54) is 0 Å². The molecule has 3 rings (SSSR count). The van der Waals surface area contributed by atoms with Gasteiger partial charge in [-0.15, -0.1) is 0 Å². The van der Waals surface area contributed by atoms with Crippen molar-refractivity contribution >= 4 is 5.69 Å². The Labute approximate surface area is 153 Å². The Hall–Kier alpha value is -3.21. The second kappa shape index (κ2) is 8.76.